The molecule has 4 aliphatic heterocycles. The van der Waals surface area contributed by atoms with E-state index in [4.69, 9.17) is 11.6 Å². The standard InChI is InChI=1S/C17H15ClF3N3.C17H16F3N3/c18-13-8-14-16(22-12-5-2-6-24(14)9-12)23-15(13)10-3-1-4-11(7-10)17(19,20)21;18-17(19,20)12-4-1-3-11(9-12)14-6-7-15-16(22-14)21-13-5-2-8-23(15)10-13/h1,3-4,7-8,12H,2,5-6,9H2,(H,22,23);1,3-4,6-7,9,13H,2,5,8,10H2,(H,21,22)/t12-;13-/m00/s1. The number of hydrogen-bond donors (Lipinski definition) is 2. The van der Waals surface area contributed by atoms with E-state index in [-0.39, 0.29) is 0 Å². The summed E-state index contributed by atoms with van der Waals surface area (Å²) in [6.45, 7) is 3.84. The lowest BCUT2D eigenvalue weighted by molar-refractivity contribution is -0.138. The van der Waals surface area contributed by atoms with Crippen molar-refractivity contribution in [3.05, 3.63) is 82.9 Å². The monoisotopic (exact) mass is 672 g/mol. The number of pyridine rings is 2. The highest BCUT2D eigenvalue weighted by atomic mass is 35.5. The molecule has 0 spiro atoms. The van der Waals surface area contributed by atoms with Gasteiger partial charge < -0.3 is 20.4 Å². The third-order valence-corrected chi connectivity index (χ3v) is 9.27. The molecule has 4 aliphatic rings. The van der Waals surface area contributed by atoms with Gasteiger partial charge in [-0.2, -0.15) is 26.3 Å². The van der Waals surface area contributed by atoms with Crippen LogP contribution in [-0.4, -0.2) is 48.2 Å². The number of piperidine rings is 2. The van der Waals surface area contributed by atoms with Gasteiger partial charge in [-0.05, 0) is 68.1 Å². The Balaban J connectivity index is 0.000000150. The number of hydrogen-bond acceptors (Lipinski definition) is 6. The average molecular weight is 673 g/mol. The van der Waals surface area contributed by atoms with Crippen molar-refractivity contribution in [3.8, 4) is 22.5 Å². The molecule has 2 N–H and O–H groups in total. The molecule has 2 aromatic carbocycles. The van der Waals surface area contributed by atoms with E-state index in [1.165, 1.54) is 12.1 Å². The largest absolute Gasteiger partial charge is 0.416 e. The second-order valence-corrected chi connectivity index (χ2v) is 12.7. The molecule has 0 radical (unpaired) electrons. The van der Waals surface area contributed by atoms with Crippen molar-refractivity contribution in [2.24, 2.45) is 0 Å². The SMILES string of the molecule is FC(F)(F)c1cccc(-c2ccc3c(n2)N[C@H]2CCCN3C2)c1.FC(F)(F)c1cccc(-c2nc3c(cc2Cl)N2CCC[C@@H](C2)N3)c1. The first kappa shape index (κ1) is 31.4. The normalized spacial score (nSPS) is 19.8. The molecular weight excluding hydrogens is 642 g/mol. The van der Waals surface area contributed by atoms with Crippen molar-refractivity contribution in [3.63, 3.8) is 0 Å². The molecule has 0 aliphatic carbocycles. The Kier molecular flexibility index (Phi) is 8.10. The number of aromatic nitrogens is 2. The average Bonchev–Trinajstić information content (AvgIpc) is 3.05. The second-order valence-electron chi connectivity index (χ2n) is 12.3. The van der Waals surface area contributed by atoms with E-state index in [1.807, 2.05) is 6.07 Å². The van der Waals surface area contributed by atoms with Crippen LogP contribution in [0.15, 0.2) is 66.7 Å². The second kappa shape index (κ2) is 12.1. The Hall–Kier alpha value is -4.19. The maximum atomic E-state index is 12.9. The fraction of sp³-hybridized carbons (Fsp3) is 0.353. The van der Waals surface area contributed by atoms with Gasteiger partial charge in [-0.15, -0.1) is 0 Å². The number of fused-ring (bicyclic) bond motifs is 8. The van der Waals surface area contributed by atoms with Crippen LogP contribution in [0.5, 0.6) is 0 Å². The van der Waals surface area contributed by atoms with Crippen LogP contribution >= 0.6 is 11.6 Å². The van der Waals surface area contributed by atoms with Gasteiger partial charge in [-0.25, -0.2) is 9.97 Å². The molecule has 246 valence electrons. The summed E-state index contributed by atoms with van der Waals surface area (Å²) >= 11 is 6.34. The van der Waals surface area contributed by atoms with Crippen molar-refractivity contribution in [1.29, 1.82) is 0 Å². The molecule has 2 atom stereocenters. The lowest BCUT2D eigenvalue weighted by atomic mass is 10.0. The summed E-state index contributed by atoms with van der Waals surface area (Å²) in [4.78, 5) is 13.6. The summed E-state index contributed by atoms with van der Waals surface area (Å²) in [5.74, 6) is 1.47. The molecule has 4 bridgehead atoms. The summed E-state index contributed by atoms with van der Waals surface area (Å²) in [5.41, 5.74) is 2.38. The van der Waals surface area contributed by atoms with Crippen LogP contribution in [0, 0.1) is 0 Å². The summed E-state index contributed by atoms with van der Waals surface area (Å²) in [7, 11) is 0. The minimum Gasteiger partial charge on any atom is -0.366 e. The van der Waals surface area contributed by atoms with E-state index < -0.39 is 23.5 Å². The number of benzene rings is 2. The Morgan fingerprint density at radius 3 is 1.83 bits per heavy atom. The number of alkyl halides is 6. The fourth-order valence-corrected chi connectivity index (χ4v) is 6.97. The minimum atomic E-state index is -4.39. The molecule has 0 amide bonds. The van der Waals surface area contributed by atoms with E-state index in [9.17, 15) is 26.3 Å². The van der Waals surface area contributed by atoms with Crippen LogP contribution in [0.25, 0.3) is 22.5 Å². The Morgan fingerprint density at radius 2 is 1.21 bits per heavy atom. The van der Waals surface area contributed by atoms with Crippen LogP contribution in [0.1, 0.15) is 36.8 Å². The van der Waals surface area contributed by atoms with Crippen LogP contribution in [0.2, 0.25) is 5.02 Å². The van der Waals surface area contributed by atoms with E-state index in [0.717, 1.165) is 93.3 Å². The molecule has 0 unspecified atom stereocenters. The van der Waals surface area contributed by atoms with Gasteiger partial charge in [0.15, 0.2) is 11.6 Å². The van der Waals surface area contributed by atoms with E-state index >= 15 is 0 Å². The predicted octanol–water partition coefficient (Wildman–Crippen LogP) is 8.98. The quantitative estimate of drug-likeness (QED) is 0.207. The first-order valence-corrected chi connectivity index (χ1v) is 15.9. The van der Waals surface area contributed by atoms with E-state index in [2.05, 4.69) is 30.4 Å². The molecule has 0 saturated carbocycles. The molecule has 2 saturated heterocycles. The number of anilines is 4. The molecule has 4 aromatic rings. The summed E-state index contributed by atoms with van der Waals surface area (Å²) in [6.07, 6.45) is -4.32. The lowest BCUT2D eigenvalue weighted by Crippen LogP contribution is -2.46. The maximum Gasteiger partial charge on any atom is 0.416 e. The van der Waals surface area contributed by atoms with E-state index in [1.54, 1.807) is 24.3 Å². The van der Waals surface area contributed by atoms with Gasteiger partial charge in [0.2, 0.25) is 0 Å². The third-order valence-electron chi connectivity index (χ3n) is 8.98. The maximum absolute atomic E-state index is 12.9. The fourth-order valence-electron chi connectivity index (χ4n) is 6.71. The molecular formula is C34H31ClF6N6. The summed E-state index contributed by atoms with van der Waals surface area (Å²) in [6, 6.07) is 16.7. The predicted molar refractivity (Wildman–Crippen MR) is 172 cm³/mol. The van der Waals surface area contributed by atoms with Crippen molar-refractivity contribution >= 4 is 34.6 Å². The van der Waals surface area contributed by atoms with Crippen LogP contribution in [-0.2, 0) is 12.4 Å². The molecule has 6 nitrogen and oxygen atoms in total. The van der Waals surface area contributed by atoms with Crippen molar-refractivity contribution < 1.29 is 26.3 Å². The topological polar surface area (TPSA) is 56.3 Å². The van der Waals surface area contributed by atoms with Crippen LogP contribution in [0.4, 0.5) is 49.4 Å². The van der Waals surface area contributed by atoms with Crippen molar-refractivity contribution in [1.82, 2.24) is 9.97 Å². The smallest absolute Gasteiger partial charge is 0.366 e. The van der Waals surface area contributed by atoms with Gasteiger partial charge in [0.05, 0.1) is 38.9 Å². The molecule has 6 heterocycles. The Morgan fingerprint density at radius 1 is 0.660 bits per heavy atom. The van der Waals surface area contributed by atoms with Gasteiger partial charge in [-0.3, -0.25) is 0 Å². The summed E-state index contributed by atoms with van der Waals surface area (Å²) in [5, 5.41) is 7.15. The molecule has 8 rings (SSSR count). The molecule has 13 heteroatoms. The first-order chi connectivity index (χ1) is 22.4. The number of nitrogens with zero attached hydrogens (tertiary/aromatic N) is 4. The highest BCUT2D eigenvalue weighted by Crippen LogP contribution is 2.41. The van der Waals surface area contributed by atoms with Gasteiger partial charge in [0.25, 0.3) is 0 Å². The molecule has 2 fully saturated rings. The van der Waals surface area contributed by atoms with Crippen LogP contribution in [0.3, 0.4) is 0 Å². The van der Waals surface area contributed by atoms with Crippen molar-refractivity contribution in [2.75, 3.05) is 46.6 Å². The number of nitrogens with one attached hydrogen (secondary N) is 2. The van der Waals surface area contributed by atoms with Gasteiger partial charge in [0, 0.05) is 49.4 Å². The highest BCUT2D eigenvalue weighted by molar-refractivity contribution is 6.33. The van der Waals surface area contributed by atoms with E-state index in [0.29, 0.717) is 45.4 Å². The Labute approximate surface area is 272 Å². The van der Waals surface area contributed by atoms with Crippen molar-refractivity contribution in [2.45, 2.75) is 50.1 Å². The highest BCUT2D eigenvalue weighted by Gasteiger charge is 2.33. The van der Waals surface area contributed by atoms with Gasteiger partial charge in [0.1, 0.15) is 0 Å². The zero-order valence-electron chi connectivity index (χ0n) is 25.1. The number of halogens is 7. The third kappa shape index (κ3) is 6.52. The zero-order valence-corrected chi connectivity index (χ0v) is 25.9. The van der Waals surface area contributed by atoms with Gasteiger partial charge in [-0.1, -0.05) is 35.9 Å². The lowest BCUT2D eigenvalue weighted by Gasteiger charge is -2.40. The van der Waals surface area contributed by atoms with Gasteiger partial charge >= 0.3 is 12.4 Å². The summed E-state index contributed by atoms with van der Waals surface area (Å²) < 4.78 is 77.4. The molecule has 2 aromatic heterocycles. The minimum absolute atomic E-state index is 0.328. The Bertz CT molecular complexity index is 1790. The number of rotatable bonds is 2. The first-order valence-electron chi connectivity index (χ1n) is 15.5. The molecule has 47 heavy (non-hydrogen) atoms. The van der Waals surface area contributed by atoms with Crippen LogP contribution < -0.4 is 20.4 Å². The zero-order chi connectivity index (χ0) is 32.9.